The molecule has 0 N–H and O–H groups in total. The highest BCUT2D eigenvalue weighted by atomic mass is 16.6. The fourth-order valence-electron chi connectivity index (χ4n) is 3.19. The van der Waals surface area contributed by atoms with Gasteiger partial charge in [0.25, 0.3) is 11.4 Å². The van der Waals surface area contributed by atoms with E-state index in [1.807, 2.05) is 11.0 Å². The number of piperidine rings is 1. The summed E-state index contributed by atoms with van der Waals surface area (Å²) in [6.45, 7) is 2.77. The largest absolute Gasteiger partial charge is 0.467 e. The second-order valence-electron chi connectivity index (χ2n) is 6.04. The molecular formula is C16H17N3O5. The van der Waals surface area contributed by atoms with Gasteiger partial charge in [-0.15, -0.1) is 0 Å². The molecule has 1 aromatic carbocycles. The SMILES string of the molecule is CC1CCN(c2ccc([N+](=O)[O-])cc2[N+](=O)[O-])C(c2ccco2)C1. The zero-order valence-corrected chi connectivity index (χ0v) is 13.1. The van der Waals surface area contributed by atoms with Crippen LogP contribution in [0.15, 0.2) is 41.0 Å². The highest BCUT2D eigenvalue weighted by Crippen LogP contribution is 2.42. The van der Waals surface area contributed by atoms with Crippen molar-refractivity contribution in [1.29, 1.82) is 0 Å². The Bertz CT molecular complexity index is 759. The predicted molar refractivity (Wildman–Crippen MR) is 86.9 cm³/mol. The topological polar surface area (TPSA) is 103 Å². The van der Waals surface area contributed by atoms with Gasteiger partial charge in [-0.25, -0.2) is 0 Å². The zero-order chi connectivity index (χ0) is 17.3. The summed E-state index contributed by atoms with van der Waals surface area (Å²) in [6, 6.07) is 7.31. The smallest absolute Gasteiger partial charge is 0.299 e. The zero-order valence-electron chi connectivity index (χ0n) is 13.1. The number of hydrogen-bond donors (Lipinski definition) is 0. The first kappa shape index (κ1) is 16.0. The molecule has 0 amide bonds. The summed E-state index contributed by atoms with van der Waals surface area (Å²) in [7, 11) is 0. The minimum atomic E-state index is -0.626. The maximum absolute atomic E-state index is 11.4. The normalized spacial score (nSPS) is 20.8. The molecule has 1 saturated heterocycles. The van der Waals surface area contributed by atoms with E-state index in [0.717, 1.165) is 24.7 Å². The Kier molecular flexibility index (Phi) is 4.20. The van der Waals surface area contributed by atoms with E-state index in [-0.39, 0.29) is 17.4 Å². The minimum absolute atomic E-state index is 0.121. The van der Waals surface area contributed by atoms with Crippen LogP contribution in [0.3, 0.4) is 0 Å². The second-order valence-corrected chi connectivity index (χ2v) is 6.04. The molecule has 8 heteroatoms. The summed E-state index contributed by atoms with van der Waals surface area (Å²) < 4.78 is 5.52. The van der Waals surface area contributed by atoms with Crippen molar-refractivity contribution >= 4 is 17.1 Å². The van der Waals surface area contributed by atoms with E-state index in [2.05, 4.69) is 6.92 Å². The van der Waals surface area contributed by atoms with Gasteiger partial charge in [-0.2, -0.15) is 0 Å². The third-order valence-corrected chi connectivity index (χ3v) is 4.41. The number of furan rings is 1. The fourth-order valence-corrected chi connectivity index (χ4v) is 3.19. The molecule has 0 radical (unpaired) electrons. The Morgan fingerprint density at radius 3 is 2.62 bits per heavy atom. The molecule has 1 aromatic heterocycles. The van der Waals surface area contributed by atoms with E-state index < -0.39 is 9.85 Å². The van der Waals surface area contributed by atoms with Crippen molar-refractivity contribution in [2.75, 3.05) is 11.4 Å². The molecule has 0 bridgehead atoms. The lowest BCUT2D eigenvalue weighted by atomic mass is 9.90. The van der Waals surface area contributed by atoms with Crippen LogP contribution in [0.2, 0.25) is 0 Å². The maximum atomic E-state index is 11.4. The van der Waals surface area contributed by atoms with Crippen molar-refractivity contribution < 1.29 is 14.3 Å². The van der Waals surface area contributed by atoms with Crippen LogP contribution in [0.1, 0.15) is 31.6 Å². The lowest BCUT2D eigenvalue weighted by Crippen LogP contribution is -2.36. The molecule has 0 spiro atoms. The van der Waals surface area contributed by atoms with Gasteiger partial charge in [0.2, 0.25) is 0 Å². The van der Waals surface area contributed by atoms with E-state index in [1.165, 1.54) is 12.1 Å². The molecule has 8 nitrogen and oxygen atoms in total. The van der Waals surface area contributed by atoms with Gasteiger partial charge >= 0.3 is 0 Å². The number of anilines is 1. The van der Waals surface area contributed by atoms with Crippen LogP contribution in [0, 0.1) is 26.1 Å². The summed E-state index contributed by atoms with van der Waals surface area (Å²) >= 11 is 0. The van der Waals surface area contributed by atoms with Gasteiger partial charge in [0.05, 0.1) is 28.2 Å². The van der Waals surface area contributed by atoms with Gasteiger partial charge in [0, 0.05) is 12.6 Å². The highest BCUT2D eigenvalue weighted by Gasteiger charge is 2.34. The molecule has 2 unspecified atom stereocenters. The van der Waals surface area contributed by atoms with Crippen LogP contribution in [0.4, 0.5) is 17.1 Å². The lowest BCUT2D eigenvalue weighted by Gasteiger charge is -2.38. The molecule has 1 aliphatic heterocycles. The molecule has 0 saturated carbocycles. The number of benzene rings is 1. The van der Waals surface area contributed by atoms with Gasteiger partial charge in [0.15, 0.2) is 0 Å². The van der Waals surface area contributed by atoms with Gasteiger partial charge in [0.1, 0.15) is 11.4 Å². The summed E-state index contributed by atoms with van der Waals surface area (Å²) in [4.78, 5) is 23.1. The second kappa shape index (κ2) is 6.31. The first-order valence-electron chi connectivity index (χ1n) is 7.70. The molecule has 1 fully saturated rings. The number of hydrogen-bond acceptors (Lipinski definition) is 6. The number of non-ortho nitro benzene ring substituents is 1. The van der Waals surface area contributed by atoms with E-state index in [0.29, 0.717) is 18.2 Å². The maximum Gasteiger partial charge on any atom is 0.299 e. The molecule has 3 rings (SSSR count). The molecule has 2 heterocycles. The Morgan fingerprint density at radius 2 is 2.00 bits per heavy atom. The van der Waals surface area contributed by atoms with Crippen LogP contribution in [0.25, 0.3) is 0 Å². The molecule has 0 aliphatic carbocycles. The quantitative estimate of drug-likeness (QED) is 0.618. The van der Waals surface area contributed by atoms with E-state index in [9.17, 15) is 20.2 Å². The van der Waals surface area contributed by atoms with Crippen LogP contribution in [-0.2, 0) is 0 Å². The van der Waals surface area contributed by atoms with Crippen LogP contribution in [0.5, 0.6) is 0 Å². The molecule has 1 aliphatic rings. The lowest BCUT2D eigenvalue weighted by molar-refractivity contribution is -0.393. The number of nitrogens with zero attached hydrogens (tertiary/aromatic N) is 3. The van der Waals surface area contributed by atoms with Crippen molar-refractivity contribution in [3.63, 3.8) is 0 Å². The fraction of sp³-hybridized carbons (Fsp3) is 0.375. The molecule has 24 heavy (non-hydrogen) atoms. The van der Waals surface area contributed by atoms with Crippen LogP contribution < -0.4 is 4.90 Å². The van der Waals surface area contributed by atoms with Gasteiger partial charge in [-0.05, 0) is 37.0 Å². The highest BCUT2D eigenvalue weighted by molar-refractivity contribution is 5.67. The molecular weight excluding hydrogens is 314 g/mol. The third kappa shape index (κ3) is 2.94. The molecule has 126 valence electrons. The van der Waals surface area contributed by atoms with Crippen molar-refractivity contribution in [1.82, 2.24) is 0 Å². The van der Waals surface area contributed by atoms with Crippen LogP contribution in [-0.4, -0.2) is 16.4 Å². The monoisotopic (exact) mass is 331 g/mol. The summed E-state index contributed by atoms with van der Waals surface area (Å²) in [5.41, 5.74) is -0.153. The Hall–Kier alpha value is -2.90. The standard InChI is InChI=1S/C16H17N3O5/c1-11-6-7-17(15(9-11)16-3-2-8-24-16)13-5-4-12(18(20)21)10-14(13)19(22)23/h2-5,8,10-11,15H,6-7,9H2,1H3. The molecule has 2 aromatic rings. The van der Waals surface area contributed by atoms with Gasteiger partial charge < -0.3 is 9.32 Å². The average Bonchev–Trinajstić information content (AvgIpc) is 3.08. The van der Waals surface area contributed by atoms with Crippen molar-refractivity contribution in [3.8, 4) is 0 Å². The van der Waals surface area contributed by atoms with Crippen molar-refractivity contribution in [3.05, 3.63) is 62.6 Å². The minimum Gasteiger partial charge on any atom is -0.467 e. The summed E-state index contributed by atoms with van der Waals surface area (Å²) in [5, 5.41) is 22.3. The Balaban J connectivity index is 2.05. The number of nitro benzene ring substituents is 2. The Morgan fingerprint density at radius 1 is 1.21 bits per heavy atom. The van der Waals surface area contributed by atoms with Gasteiger partial charge in [-0.3, -0.25) is 20.2 Å². The number of nitro groups is 2. The van der Waals surface area contributed by atoms with E-state index >= 15 is 0 Å². The predicted octanol–water partition coefficient (Wildman–Crippen LogP) is 4.07. The Labute approximate surface area is 138 Å². The average molecular weight is 331 g/mol. The van der Waals surface area contributed by atoms with Crippen LogP contribution >= 0.6 is 0 Å². The summed E-state index contributed by atoms with van der Waals surface area (Å²) in [5.74, 6) is 1.21. The van der Waals surface area contributed by atoms with Crippen molar-refractivity contribution in [2.24, 2.45) is 5.92 Å². The first-order valence-corrected chi connectivity index (χ1v) is 7.70. The third-order valence-electron chi connectivity index (χ3n) is 4.41. The van der Waals surface area contributed by atoms with E-state index in [1.54, 1.807) is 12.3 Å². The number of rotatable bonds is 4. The van der Waals surface area contributed by atoms with Crippen molar-refractivity contribution in [2.45, 2.75) is 25.8 Å². The first-order chi connectivity index (χ1) is 11.5. The van der Waals surface area contributed by atoms with E-state index in [4.69, 9.17) is 4.42 Å². The van der Waals surface area contributed by atoms with Gasteiger partial charge in [-0.1, -0.05) is 6.92 Å². The summed E-state index contributed by atoms with van der Waals surface area (Å²) in [6.07, 6.45) is 3.28. The molecule has 2 atom stereocenters.